The number of aromatic nitrogens is 2. The number of nitrogens with one attached hydrogen (secondary N) is 1. The largest absolute Gasteiger partial charge is 0.478 e. The van der Waals surface area contributed by atoms with Gasteiger partial charge < -0.3 is 10.4 Å². The van der Waals surface area contributed by atoms with Gasteiger partial charge in [-0.15, -0.1) is 0 Å². The molecule has 0 aliphatic rings. The maximum Gasteiger partial charge on any atom is 0.335 e. The van der Waals surface area contributed by atoms with Gasteiger partial charge in [0.15, 0.2) is 0 Å². The van der Waals surface area contributed by atoms with Crippen molar-refractivity contribution in [1.82, 2.24) is 9.38 Å². The molecule has 25 heavy (non-hydrogen) atoms. The molecule has 1 amide bonds. The summed E-state index contributed by atoms with van der Waals surface area (Å²) in [6.07, 6.45) is 2.49. The number of carbonyl (C=O) groups excluding carboxylic acids is 1. The molecular weight excluding hydrogens is 318 g/mol. The summed E-state index contributed by atoms with van der Waals surface area (Å²) in [6, 6.07) is 8.49. The second-order valence-corrected chi connectivity index (χ2v) is 5.98. The van der Waals surface area contributed by atoms with Crippen LogP contribution in [0.5, 0.6) is 0 Å². The Morgan fingerprint density at radius 1 is 1.20 bits per heavy atom. The summed E-state index contributed by atoms with van der Waals surface area (Å²) < 4.78 is 1.78. The van der Waals surface area contributed by atoms with Gasteiger partial charge in [-0.2, -0.15) is 0 Å². The van der Waals surface area contributed by atoms with Crippen LogP contribution in [0.2, 0.25) is 0 Å². The smallest absolute Gasteiger partial charge is 0.335 e. The standard InChI is InChI=1S/C19H19N3O3/c1-4-14-17(22-10-11(2)5-8-16(22)20-14)18(23)21-15-9-13(19(24)25)7-6-12(15)3/h5-10H,4H2,1-3H3,(H,21,23)(H,24,25). The van der Waals surface area contributed by atoms with Gasteiger partial charge in [-0.3, -0.25) is 9.20 Å². The third kappa shape index (κ3) is 3.10. The minimum Gasteiger partial charge on any atom is -0.478 e. The zero-order valence-corrected chi connectivity index (χ0v) is 14.3. The molecule has 1 aromatic carbocycles. The maximum atomic E-state index is 12.9. The van der Waals surface area contributed by atoms with Gasteiger partial charge in [0.1, 0.15) is 11.3 Å². The number of aryl methyl sites for hydroxylation is 3. The molecule has 0 bridgehead atoms. The molecule has 0 saturated carbocycles. The molecule has 3 aromatic rings. The normalized spacial score (nSPS) is 10.8. The van der Waals surface area contributed by atoms with E-state index in [2.05, 4.69) is 10.3 Å². The molecule has 0 aliphatic carbocycles. The first-order valence-corrected chi connectivity index (χ1v) is 8.03. The number of nitrogens with zero attached hydrogens (tertiary/aromatic N) is 2. The van der Waals surface area contributed by atoms with Crippen LogP contribution >= 0.6 is 0 Å². The predicted octanol–water partition coefficient (Wildman–Crippen LogP) is 3.46. The number of carboxylic acid groups (broad SMARTS) is 1. The Bertz CT molecular complexity index is 989. The van der Waals surface area contributed by atoms with E-state index >= 15 is 0 Å². The summed E-state index contributed by atoms with van der Waals surface area (Å²) in [7, 11) is 0. The Kier molecular flexibility index (Phi) is 4.27. The topological polar surface area (TPSA) is 83.7 Å². The van der Waals surface area contributed by atoms with E-state index in [1.165, 1.54) is 12.1 Å². The van der Waals surface area contributed by atoms with Gasteiger partial charge in [-0.1, -0.05) is 19.1 Å². The minimum absolute atomic E-state index is 0.130. The number of carbonyl (C=O) groups is 2. The van der Waals surface area contributed by atoms with Crippen LogP contribution in [0.4, 0.5) is 5.69 Å². The number of anilines is 1. The maximum absolute atomic E-state index is 12.9. The van der Waals surface area contributed by atoms with Crippen LogP contribution in [-0.2, 0) is 6.42 Å². The summed E-state index contributed by atoms with van der Waals surface area (Å²) in [5.41, 5.74) is 4.31. The van der Waals surface area contributed by atoms with E-state index in [4.69, 9.17) is 5.11 Å². The first kappa shape index (κ1) is 16.7. The molecule has 6 nitrogen and oxygen atoms in total. The van der Waals surface area contributed by atoms with Crippen LogP contribution in [0.25, 0.3) is 5.65 Å². The molecule has 0 atom stereocenters. The van der Waals surface area contributed by atoms with Gasteiger partial charge in [-0.05, 0) is 49.6 Å². The average molecular weight is 337 g/mol. The Balaban J connectivity index is 2.05. The van der Waals surface area contributed by atoms with E-state index in [9.17, 15) is 9.59 Å². The lowest BCUT2D eigenvalue weighted by Gasteiger charge is -2.10. The molecule has 2 N–H and O–H groups in total. The number of rotatable bonds is 4. The van der Waals surface area contributed by atoms with Crippen LogP contribution in [-0.4, -0.2) is 26.4 Å². The number of pyridine rings is 1. The van der Waals surface area contributed by atoms with Crippen molar-refractivity contribution in [2.45, 2.75) is 27.2 Å². The highest BCUT2D eigenvalue weighted by molar-refractivity contribution is 6.05. The van der Waals surface area contributed by atoms with Gasteiger partial charge in [-0.25, -0.2) is 9.78 Å². The van der Waals surface area contributed by atoms with Gasteiger partial charge in [0.25, 0.3) is 5.91 Å². The lowest BCUT2D eigenvalue weighted by Crippen LogP contribution is -2.17. The number of benzene rings is 1. The van der Waals surface area contributed by atoms with Crippen LogP contribution in [0.15, 0.2) is 36.5 Å². The number of hydrogen-bond donors (Lipinski definition) is 2. The van der Waals surface area contributed by atoms with Crippen LogP contribution in [0, 0.1) is 13.8 Å². The molecule has 0 fully saturated rings. The lowest BCUT2D eigenvalue weighted by atomic mass is 10.1. The van der Waals surface area contributed by atoms with Crippen LogP contribution < -0.4 is 5.32 Å². The highest BCUT2D eigenvalue weighted by atomic mass is 16.4. The van der Waals surface area contributed by atoms with E-state index < -0.39 is 5.97 Å². The predicted molar refractivity (Wildman–Crippen MR) is 95.4 cm³/mol. The lowest BCUT2D eigenvalue weighted by molar-refractivity contribution is 0.0696. The van der Waals surface area contributed by atoms with E-state index in [1.54, 1.807) is 10.5 Å². The van der Waals surface area contributed by atoms with Crippen molar-refractivity contribution in [2.24, 2.45) is 0 Å². The van der Waals surface area contributed by atoms with Gasteiger partial charge in [0.05, 0.1) is 11.3 Å². The average Bonchev–Trinajstić information content (AvgIpc) is 2.94. The zero-order valence-electron chi connectivity index (χ0n) is 14.3. The molecule has 0 saturated heterocycles. The fourth-order valence-electron chi connectivity index (χ4n) is 2.76. The number of aromatic carboxylic acids is 1. The van der Waals surface area contributed by atoms with E-state index in [-0.39, 0.29) is 11.5 Å². The van der Waals surface area contributed by atoms with Crippen molar-refractivity contribution in [3.8, 4) is 0 Å². The van der Waals surface area contributed by atoms with Gasteiger partial charge in [0, 0.05) is 11.9 Å². The summed E-state index contributed by atoms with van der Waals surface area (Å²) in [5, 5.41) is 12.0. The number of hydrogen-bond acceptors (Lipinski definition) is 3. The molecule has 6 heteroatoms. The quantitative estimate of drug-likeness (QED) is 0.763. The highest BCUT2D eigenvalue weighted by Crippen LogP contribution is 2.20. The molecule has 3 rings (SSSR count). The van der Waals surface area contributed by atoms with E-state index in [0.29, 0.717) is 29.1 Å². The van der Waals surface area contributed by atoms with Crippen molar-refractivity contribution in [3.63, 3.8) is 0 Å². The second kappa shape index (κ2) is 6.39. The summed E-state index contributed by atoms with van der Waals surface area (Å²) in [4.78, 5) is 28.6. The van der Waals surface area contributed by atoms with Crippen molar-refractivity contribution >= 4 is 23.2 Å². The monoisotopic (exact) mass is 337 g/mol. The molecule has 2 heterocycles. The fourth-order valence-corrected chi connectivity index (χ4v) is 2.76. The first-order chi connectivity index (χ1) is 11.9. The molecule has 0 unspecified atom stereocenters. The Labute approximate surface area is 145 Å². The molecular formula is C19H19N3O3. The van der Waals surface area contributed by atoms with Crippen molar-refractivity contribution in [3.05, 3.63) is 64.6 Å². The number of imidazole rings is 1. The third-order valence-electron chi connectivity index (χ3n) is 4.12. The molecule has 128 valence electrons. The molecule has 2 aromatic heterocycles. The molecule has 0 radical (unpaired) electrons. The van der Waals surface area contributed by atoms with Gasteiger partial charge in [0.2, 0.25) is 0 Å². The van der Waals surface area contributed by atoms with Crippen LogP contribution in [0.3, 0.4) is 0 Å². The second-order valence-electron chi connectivity index (χ2n) is 5.98. The summed E-state index contributed by atoms with van der Waals surface area (Å²) in [6.45, 7) is 5.72. The fraction of sp³-hybridized carbons (Fsp3) is 0.211. The zero-order chi connectivity index (χ0) is 18.1. The van der Waals surface area contributed by atoms with Crippen molar-refractivity contribution in [2.75, 3.05) is 5.32 Å². The molecule has 0 aliphatic heterocycles. The number of carboxylic acids is 1. The number of amides is 1. The Morgan fingerprint density at radius 3 is 2.64 bits per heavy atom. The van der Waals surface area contributed by atoms with Crippen molar-refractivity contribution < 1.29 is 14.7 Å². The number of fused-ring (bicyclic) bond motifs is 1. The SMILES string of the molecule is CCc1nc2ccc(C)cn2c1C(=O)Nc1cc(C(=O)O)ccc1C. The third-order valence-corrected chi connectivity index (χ3v) is 4.12. The summed E-state index contributed by atoms with van der Waals surface area (Å²) in [5.74, 6) is -1.34. The Hall–Kier alpha value is -3.15. The van der Waals surface area contributed by atoms with E-state index in [0.717, 1.165) is 11.1 Å². The minimum atomic E-state index is -1.03. The Morgan fingerprint density at radius 2 is 1.96 bits per heavy atom. The van der Waals surface area contributed by atoms with Gasteiger partial charge >= 0.3 is 5.97 Å². The first-order valence-electron chi connectivity index (χ1n) is 8.03. The van der Waals surface area contributed by atoms with Crippen molar-refractivity contribution in [1.29, 1.82) is 0 Å². The highest BCUT2D eigenvalue weighted by Gasteiger charge is 2.19. The molecule has 0 spiro atoms. The van der Waals surface area contributed by atoms with Crippen LogP contribution in [0.1, 0.15) is 44.6 Å². The summed E-state index contributed by atoms with van der Waals surface area (Å²) >= 11 is 0. The van der Waals surface area contributed by atoms with E-state index in [1.807, 2.05) is 39.1 Å².